The van der Waals surface area contributed by atoms with Crippen LogP contribution in [-0.2, 0) is 11.2 Å². The Bertz CT molecular complexity index is 375. The number of aryl methyl sites for hydroxylation is 1. The molecule has 0 aliphatic carbocycles. The van der Waals surface area contributed by atoms with E-state index in [0.717, 1.165) is 5.56 Å². The molecule has 0 amide bonds. The summed E-state index contributed by atoms with van der Waals surface area (Å²) < 4.78 is 0. The van der Waals surface area contributed by atoms with Crippen LogP contribution in [0.1, 0.15) is 25.3 Å². The zero-order valence-corrected chi connectivity index (χ0v) is 9.90. The van der Waals surface area contributed by atoms with Gasteiger partial charge in [-0.15, -0.1) is 0 Å². The third kappa shape index (κ3) is 3.11. The quantitative estimate of drug-likeness (QED) is 0.882. The lowest BCUT2D eigenvalue weighted by molar-refractivity contribution is -0.118. The van der Waals surface area contributed by atoms with Gasteiger partial charge in [-0.1, -0.05) is 36.2 Å². The van der Waals surface area contributed by atoms with E-state index in [4.69, 9.17) is 23.2 Å². The van der Waals surface area contributed by atoms with Crippen LogP contribution in [0.5, 0.6) is 5.75 Å². The number of ketones is 1. The molecule has 0 unspecified atom stereocenters. The molecule has 0 heterocycles. The molecule has 15 heavy (non-hydrogen) atoms. The second kappa shape index (κ2) is 5.38. The Hall–Kier alpha value is -0.730. The molecule has 0 aromatic heterocycles. The van der Waals surface area contributed by atoms with Crippen LogP contribution >= 0.6 is 23.2 Å². The average Bonchev–Trinajstić information content (AvgIpc) is 2.24. The Morgan fingerprint density at radius 1 is 1.33 bits per heavy atom. The summed E-state index contributed by atoms with van der Waals surface area (Å²) in [6.45, 7) is 1.83. The molecule has 0 bridgehead atoms. The molecule has 1 aromatic rings. The van der Waals surface area contributed by atoms with Gasteiger partial charge in [0, 0.05) is 12.8 Å². The van der Waals surface area contributed by atoms with E-state index in [1.165, 1.54) is 6.07 Å². The smallest absolute Gasteiger partial charge is 0.135 e. The third-order valence-corrected chi connectivity index (χ3v) is 3.12. The van der Waals surface area contributed by atoms with Crippen LogP contribution in [0.2, 0.25) is 10.0 Å². The average molecular weight is 247 g/mol. The Balaban J connectivity index is 2.78. The number of rotatable bonds is 4. The minimum absolute atomic E-state index is 0.0350. The molecule has 0 spiro atoms. The highest BCUT2D eigenvalue weighted by Crippen LogP contribution is 2.34. The van der Waals surface area contributed by atoms with Gasteiger partial charge >= 0.3 is 0 Å². The van der Waals surface area contributed by atoms with Crippen LogP contribution < -0.4 is 0 Å². The fourth-order valence-electron chi connectivity index (χ4n) is 1.22. The van der Waals surface area contributed by atoms with Crippen molar-refractivity contribution in [2.75, 3.05) is 0 Å². The van der Waals surface area contributed by atoms with Gasteiger partial charge in [0.05, 0.1) is 5.02 Å². The standard InChI is InChI=1S/C11H12Cl2O2/c1-2-8(14)5-3-7-4-6-9(15)11(13)10(7)12/h4,6,15H,2-3,5H2,1H3. The van der Waals surface area contributed by atoms with Gasteiger partial charge in [0.25, 0.3) is 0 Å². The first-order valence-electron chi connectivity index (χ1n) is 4.73. The van der Waals surface area contributed by atoms with Crippen molar-refractivity contribution in [1.82, 2.24) is 0 Å². The van der Waals surface area contributed by atoms with Crippen LogP contribution in [0.3, 0.4) is 0 Å². The van der Waals surface area contributed by atoms with Gasteiger partial charge < -0.3 is 5.11 Å². The predicted molar refractivity (Wildman–Crippen MR) is 61.7 cm³/mol. The third-order valence-electron chi connectivity index (χ3n) is 2.21. The van der Waals surface area contributed by atoms with Gasteiger partial charge in [-0.05, 0) is 18.1 Å². The summed E-state index contributed by atoms with van der Waals surface area (Å²) in [5.74, 6) is 0.155. The predicted octanol–water partition coefficient (Wildman–Crippen LogP) is 3.61. The minimum Gasteiger partial charge on any atom is -0.506 e. The van der Waals surface area contributed by atoms with Crippen molar-refractivity contribution in [1.29, 1.82) is 0 Å². The molecular formula is C11H12Cl2O2. The summed E-state index contributed by atoms with van der Waals surface area (Å²) in [6.07, 6.45) is 1.55. The molecule has 0 aliphatic heterocycles. The Kier molecular flexibility index (Phi) is 4.43. The summed E-state index contributed by atoms with van der Waals surface area (Å²) in [7, 11) is 0. The Labute approximate surface area is 98.8 Å². The van der Waals surface area contributed by atoms with E-state index < -0.39 is 0 Å². The van der Waals surface area contributed by atoms with E-state index in [2.05, 4.69) is 0 Å². The van der Waals surface area contributed by atoms with Crippen LogP contribution in [0.4, 0.5) is 0 Å². The lowest BCUT2D eigenvalue weighted by Gasteiger charge is -2.06. The Morgan fingerprint density at radius 3 is 2.60 bits per heavy atom. The summed E-state index contributed by atoms with van der Waals surface area (Å²) in [5.41, 5.74) is 0.793. The highest BCUT2D eigenvalue weighted by molar-refractivity contribution is 6.43. The maximum Gasteiger partial charge on any atom is 0.135 e. The zero-order chi connectivity index (χ0) is 11.4. The number of halogens is 2. The number of carbonyl (C=O) groups excluding carboxylic acids is 1. The number of aromatic hydroxyl groups is 1. The number of phenols is 1. The van der Waals surface area contributed by atoms with Gasteiger partial charge in [-0.25, -0.2) is 0 Å². The van der Waals surface area contributed by atoms with Crippen molar-refractivity contribution >= 4 is 29.0 Å². The number of hydrogen-bond donors (Lipinski definition) is 1. The van der Waals surface area contributed by atoms with E-state index in [1.807, 2.05) is 6.92 Å². The zero-order valence-electron chi connectivity index (χ0n) is 8.39. The van der Waals surface area contributed by atoms with Crippen molar-refractivity contribution in [3.05, 3.63) is 27.7 Å². The van der Waals surface area contributed by atoms with Crippen LogP contribution in [0.15, 0.2) is 12.1 Å². The van der Waals surface area contributed by atoms with E-state index in [1.54, 1.807) is 6.07 Å². The molecule has 4 heteroatoms. The molecule has 1 aromatic carbocycles. The summed E-state index contributed by atoms with van der Waals surface area (Å²) in [4.78, 5) is 11.1. The fourth-order valence-corrected chi connectivity index (χ4v) is 1.66. The highest BCUT2D eigenvalue weighted by atomic mass is 35.5. The SMILES string of the molecule is CCC(=O)CCc1ccc(O)c(Cl)c1Cl. The first-order chi connectivity index (χ1) is 7.06. The second-order valence-electron chi connectivity index (χ2n) is 3.26. The molecule has 0 saturated heterocycles. The minimum atomic E-state index is -0.0350. The maximum absolute atomic E-state index is 11.1. The topological polar surface area (TPSA) is 37.3 Å². The van der Waals surface area contributed by atoms with Gasteiger partial charge in [0.2, 0.25) is 0 Å². The molecule has 82 valence electrons. The number of Topliss-reactive ketones (excluding diaryl/α,β-unsaturated/α-hetero) is 1. The summed E-state index contributed by atoms with van der Waals surface area (Å²) >= 11 is 11.7. The van der Waals surface area contributed by atoms with Crippen LogP contribution in [0.25, 0.3) is 0 Å². The molecule has 0 atom stereocenters. The van der Waals surface area contributed by atoms with Crippen molar-refractivity contribution in [2.45, 2.75) is 26.2 Å². The van der Waals surface area contributed by atoms with Crippen molar-refractivity contribution < 1.29 is 9.90 Å². The lowest BCUT2D eigenvalue weighted by atomic mass is 10.1. The van der Waals surface area contributed by atoms with Gasteiger partial charge in [0.15, 0.2) is 0 Å². The molecule has 0 radical (unpaired) electrons. The Morgan fingerprint density at radius 2 is 2.00 bits per heavy atom. The van der Waals surface area contributed by atoms with Crippen molar-refractivity contribution in [3.8, 4) is 5.75 Å². The molecule has 2 nitrogen and oxygen atoms in total. The summed E-state index contributed by atoms with van der Waals surface area (Å²) in [6, 6.07) is 3.17. The van der Waals surface area contributed by atoms with Crippen LogP contribution in [-0.4, -0.2) is 10.9 Å². The fraction of sp³-hybridized carbons (Fsp3) is 0.364. The van der Waals surface area contributed by atoms with Gasteiger partial charge in [-0.3, -0.25) is 4.79 Å². The number of benzene rings is 1. The normalized spacial score (nSPS) is 10.3. The number of phenolic OH excluding ortho intramolecular Hbond substituents is 1. The molecule has 1 rings (SSSR count). The first-order valence-corrected chi connectivity index (χ1v) is 5.49. The molecule has 0 fully saturated rings. The van der Waals surface area contributed by atoms with E-state index in [-0.39, 0.29) is 16.6 Å². The van der Waals surface area contributed by atoms with Gasteiger partial charge in [0.1, 0.15) is 16.6 Å². The molecular weight excluding hydrogens is 235 g/mol. The van der Waals surface area contributed by atoms with E-state index in [9.17, 15) is 9.90 Å². The first kappa shape index (κ1) is 12.3. The monoisotopic (exact) mass is 246 g/mol. The largest absolute Gasteiger partial charge is 0.506 e. The number of hydrogen-bond acceptors (Lipinski definition) is 2. The maximum atomic E-state index is 11.1. The van der Waals surface area contributed by atoms with Crippen molar-refractivity contribution in [3.63, 3.8) is 0 Å². The highest BCUT2D eigenvalue weighted by Gasteiger charge is 2.10. The molecule has 0 saturated carbocycles. The molecule has 1 N–H and O–H groups in total. The van der Waals surface area contributed by atoms with Crippen LogP contribution in [0, 0.1) is 0 Å². The van der Waals surface area contributed by atoms with Gasteiger partial charge in [-0.2, -0.15) is 0 Å². The van der Waals surface area contributed by atoms with E-state index in [0.29, 0.717) is 24.3 Å². The second-order valence-corrected chi connectivity index (χ2v) is 4.02. The molecule has 0 aliphatic rings. The lowest BCUT2D eigenvalue weighted by Crippen LogP contribution is -1.98. The van der Waals surface area contributed by atoms with E-state index >= 15 is 0 Å². The van der Waals surface area contributed by atoms with Crippen molar-refractivity contribution in [2.24, 2.45) is 0 Å². The summed E-state index contributed by atoms with van der Waals surface area (Å²) in [5, 5.41) is 9.75. The number of carbonyl (C=O) groups is 1.